The van der Waals surface area contributed by atoms with Crippen LogP contribution < -0.4 is 5.32 Å². The maximum atomic E-state index is 3.29. The van der Waals surface area contributed by atoms with Crippen LogP contribution >= 0.6 is 0 Å². The molecule has 1 heterocycles. The third-order valence-corrected chi connectivity index (χ3v) is 3.80. The average molecular weight is 211 g/mol. The van der Waals surface area contributed by atoms with E-state index in [0.29, 0.717) is 0 Å². The van der Waals surface area contributed by atoms with Crippen molar-refractivity contribution in [1.29, 1.82) is 0 Å². The molecule has 0 bridgehead atoms. The third-order valence-electron chi connectivity index (χ3n) is 3.80. The van der Waals surface area contributed by atoms with Gasteiger partial charge < -0.3 is 15.1 Å². The van der Waals surface area contributed by atoms with Crippen molar-refractivity contribution in [3.63, 3.8) is 0 Å². The molecule has 0 aromatic carbocycles. The molecule has 15 heavy (non-hydrogen) atoms. The van der Waals surface area contributed by atoms with E-state index in [1.54, 1.807) is 0 Å². The van der Waals surface area contributed by atoms with Gasteiger partial charge in [-0.25, -0.2) is 0 Å². The number of rotatable bonds is 6. The van der Waals surface area contributed by atoms with Gasteiger partial charge in [-0.05, 0) is 52.4 Å². The number of hydrogen-bond acceptors (Lipinski definition) is 3. The Morgan fingerprint density at radius 2 is 2.13 bits per heavy atom. The van der Waals surface area contributed by atoms with E-state index in [-0.39, 0.29) is 0 Å². The lowest BCUT2D eigenvalue weighted by Crippen LogP contribution is -2.33. The summed E-state index contributed by atoms with van der Waals surface area (Å²) in [7, 11) is 4.34. The second kappa shape index (κ2) is 5.28. The highest BCUT2D eigenvalue weighted by molar-refractivity contribution is 4.84. The first kappa shape index (κ1) is 11.4. The fraction of sp³-hybridized carbons (Fsp3) is 1.00. The molecule has 3 nitrogen and oxygen atoms in total. The minimum atomic E-state index is 0.890. The monoisotopic (exact) mass is 211 g/mol. The van der Waals surface area contributed by atoms with Crippen LogP contribution in [-0.4, -0.2) is 62.7 Å². The largest absolute Gasteiger partial charge is 0.319 e. The molecule has 0 aromatic heterocycles. The van der Waals surface area contributed by atoms with Crippen LogP contribution in [0, 0.1) is 5.92 Å². The Morgan fingerprint density at radius 3 is 2.80 bits per heavy atom. The highest BCUT2D eigenvalue weighted by atomic mass is 15.2. The lowest BCUT2D eigenvalue weighted by Gasteiger charge is -2.21. The molecule has 1 N–H and O–H groups in total. The van der Waals surface area contributed by atoms with Gasteiger partial charge >= 0.3 is 0 Å². The Hall–Kier alpha value is -0.120. The summed E-state index contributed by atoms with van der Waals surface area (Å²) < 4.78 is 0. The van der Waals surface area contributed by atoms with Crippen LogP contribution in [-0.2, 0) is 0 Å². The van der Waals surface area contributed by atoms with Crippen LogP contribution in [0.3, 0.4) is 0 Å². The van der Waals surface area contributed by atoms with Crippen LogP contribution in [0.2, 0.25) is 0 Å². The Balaban J connectivity index is 1.59. The topological polar surface area (TPSA) is 18.5 Å². The molecular formula is C12H25N3. The molecular weight excluding hydrogens is 186 g/mol. The molecule has 88 valence electrons. The fourth-order valence-electron chi connectivity index (χ4n) is 2.57. The minimum absolute atomic E-state index is 0.890. The van der Waals surface area contributed by atoms with E-state index in [4.69, 9.17) is 0 Å². The summed E-state index contributed by atoms with van der Waals surface area (Å²) >= 11 is 0. The molecule has 0 radical (unpaired) electrons. The quantitative estimate of drug-likeness (QED) is 0.695. The van der Waals surface area contributed by atoms with Crippen LogP contribution in [0.25, 0.3) is 0 Å². The zero-order valence-corrected chi connectivity index (χ0v) is 10.2. The van der Waals surface area contributed by atoms with Gasteiger partial charge in [-0.2, -0.15) is 0 Å². The van der Waals surface area contributed by atoms with Crippen molar-refractivity contribution in [2.45, 2.75) is 25.3 Å². The molecule has 0 amide bonds. The average Bonchev–Trinajstić information content (AvgIpc) is 2.98. The number of nitrogens with zero attached hydrogens (tertiary/aromatic N) is 2. The van der Waals surface area contributed by atoms with E-state index in [1.807, 2.05) is 0 Å². The smallest absolute Gasteiger partial charge is 0.0109 e. The van der Waals surface area contributed by atoms with Crippen molar-refractivity contribution < 1.29 is 0 Å². The van der Waals surface area contributed by atoms with E-state index < -0.39 is 0 Å². The second-order valence-corrected chi connectivity index (χ2v) is 5.22. The molecule has 1 saturated heterocycles. The van der Waals surface area contributed by atoms with Gasteiger partial charge in [-0.3, -0.25) is 0 Å². The minimum Gasteiger partial charge on any atom is -0.319 e. The molecule has 2 aliphatic rings. The van der Waals surface area contributed by atoms with Gasteiger partial charge in [0.05, 0.1) is 0 Å². The van der Waals surface area contributed by atoms with Crippen molar-refractivity contribution in [1.82, 2.24) is 15.1 Å². The molecule has 1 unspecified atom stereocenters. The van der Waals surface area contributed by atoms with Crippen LogP contribution in [0.1, 0.15) is 19.3 Å². The van der Waals surface area contributed by atoms with E-state index in [9.17, 15) is 0 Å². The zero-order chi connectivity index (χ0) is 10.7. The van der Waals surface area contributed by atoms with Gasteiger partial charge in [-0.1, -0.05) is 0 Å². The number of hydrogen-bond donors (Lipinski definition) is 1. The van der Waals surface area contributed by atoms with Crippen LogP contribution in [0.5, 0.6) is 0 Å². The summed E-state index contributed by atoms with van der Waals surface area (Å²) in [5.74, 6) is 0.890. The van der Waals surface area contributed by atoms with Crippen molar-refractivity contribution in [3.05, 3.63) is 0 Å². The van der Waals surface area contributed by atoms with E-state index in [2.05, 4.69) is 29.2 Å². The van der Waals surface area contributed by atoms with E-state index in [1.165, 1.54) is 52.0 Å². The summed E-state index contributed by atoms with van der Waals surface area (Å²) in [6.07, 6.45) is 4.24. The number of nitrogens with one attached hydrogen (secondary N) is 1. The van der Waals surface area contributed by atoms with E-state index >= 15 is 0 Å². The summed E-state index contributed by atoms with van der Waals surface area (Å²) in [6.45, 7) is 6.34. The van der Waals surface area contributed by atoms with Crippen molar-refractivity contribution >= 4 is 0 Å². The number of likely N-dealkylation sites (tertiary alicyclic amines) is 1. The molecule has 1 aliphatic carbocycles. The highest BCUT2D eigenvalue weighted by Crippen LogP contribution is 2.25. The Bertz CT molecular complexity index is 191. The maximum absolute atomic E-state index is 3.29. The van der Waals surface area contributed by atoms with Crippen LogP contribution in [0.4, 0.5) is 0 Å². The van der Waals surface area contributed by atoms with Gasteiger partial charge in [0.15, 0.2) is 0 Å². The first-order valence-electron chi connectivity index (χ1n) is 6.37. The predicted molar refractivity (Wildman–Crippen MR) is 64.1 cm³/mol. The van der Waals surface area contributed by atoms with Crippen molar-refractivity contribution in [3.8, 4) is 0 Å². The maximum Gasteiger partial charge on any atom is 0.0109 e. The first-order valence-corrected chi connectivity index (χ1v) is 6.37. The Morgan fingerprint density at radius 1 is 1.33 bits per heavy atom. The van der Waals surface area contributed by atoms with Crippen molar-refractivity contribution in [2.75, 3.05) is 46.8 Å². The van der Waals surface area contributed by atoms with Crippen LogP contribution in [0.15, 0.2) is 0 Å². The summed E-state index contributed by atoms with van der Waals surface area (Å²) in [4.78, 5) is 5.16. The molecule has 3 heteroatoms. The van der Waals surface area contributed by atoms with Gasteiger partial charge in [-0.15, -0.1) is 0 Å². The van der Waals surface area contributed by atoms with E-state index in [0.717, 1.165) is 12.0 Å². The third kappa shape index (κ3) is 3.44. The summed E-state index contributed by atoms with van der Waals surface area (Å²) in [5, 5.41) is 3.29. The molecule has 2 rings (SSSR count). The molecule has 0 aromatic rings. The molecule has 1 aliphatic heterocycles. The zero-order valence-electron chi connectivity index (χ0n) is 10.2. The van der Waals surface area contributed by atoms with Gasteiger partial charge in [0.2, 0.25) is 0 Å². The van der Waals surface area contributed by atoms with Gasteiger partial charge in [0, 0.05) is 25.7 Å². The highest BCUT2D eigenvalue weighted by Gasteiger charge is 2.27. The predicted octanol–water partition coefficient (Wildman–Crippen LogP) is 0.622. The molecule has 1 atom stereocenters. The van der Waals surface area contributed by atoms with Gasteiger partial charge in [0.1, 0.15) is 0 Å². The normalized spacial score (nSPS) is 27.8. The molecule has 2 fully saturated rings. The van der Waals surface area contributed by atoms with Gasteiger partial charge in [0.25, 0.3) is 0 Å². The fourth-order valence-corrected chi connectivity index (χ4v) is 2.57. The summed E-state index contributed by atoms with van der Waals surface area (Å²) in [5.41, 5.74) is 0. The summed E-state index contributed by atoms with van der Waals surface area (Å²) in [6, 6.07) is 0.917. The molecule has 0 spiro atoms. The lowest BCUT2D eigenvalue weighted by molar-refractivity contribution is 0.246. The van der Waals surface area contributed by atoms with Crippen molar-refractivity contribution in [2.24, 2.45) is 5.92 Å². The SMILES string of the molecule is CNCC1CCN(CCN(C)C2CC2)C1. The molecule has 1 saturated carbocycles. The number of likely N-dealkylation sites (N-methyl/N-ethyl adjacent to an activating group) is 1. The Labute approximate surface area is 93.8 Å². The second-order valence-electron chi connectivity index (χ2n) is 5.22. The standard InChI is InChI=1S/C12H25N3/c1-13-9-11-5-6-15(10-11)8-7-14(2)12-3-4-12/h11-13H,3-10H2,1-2H3. The first-order chi connectivity index (χ1) is 7.29. The lowest BCUT2D eigenvalue weighted by atomic mass is 10.1. The Kier molecular flexibility index (Phi) is 4.00.